The molecule has 27 heavy (non-hydrogen) atoms. The van der Waals surface area contributed by atoms with Crippen LogP contribution < -0.4 is 5.43 Å². The number of carbonyl (C=O) groups is 2. The van der Waals surface area contributed by atoms with Gasteiger partial charge in [-0.2, -0.15) is 0 Å². The summed E-state index contributed by atoms with van der Waals surface area (Å²) in [5.41, 5.74) is 3.27. The molecule has 0 aromatic carbocycles. The highest BCUT2D eigenvalue weighted by Crippen LogP contribution is 2.56. The van der Waals surface area contributed by atoms with Gasteiger partial charge in [-0.15, -0.1) is 0 Å². The first-order valence-electron chi connectivity index (χ1n) is 10.6. The molecular weight excluding hydrogens is 344 g/mol. The van der Waals surface area contributed by atoms with E-state index in [0.29, 0.717) is 37.5 Å². The number of likely N-dealkylation sites (tertiary alicyclic amines) is 2. The molecule has 0 aromatic heterocycles. The molecular formula is C20H34N4O3. The molecule has 0 bridgehead atoms. The van der Waals surface area contributed by atoms with Gasteiger partial charge in [-0.25, -0.2) is 9.80 Å². The average molecular weight is 379 g/mol. The summed E-state index contributed by atoms with van der Waals surface area (Å²) in [6.07, 6.45) is 5.20. The summed E-state index contributed by atoms with van der Waals surface area (Å²) >= 11 is 0. The van der Waals surface area contributed by atoms with Gasteiger partial charge in [0.1, 0.15) is 0 Å². The van der Waals surface area contributed by atoms with Crippen molar-refractivity contribution in [2.24, 2.45) is 11.3 Å². The predicted molar refractivity (Wildman–Crippen MR) is 102 cm³/mol. The third-order valence-electron chi connectivity index (χ3n) is 7.92. The number of hydrogen-bond acceptors (Lipinski definition) is 4. The Bertz CT molecular complexity index is 616. The Morgan fingerprint density at radius 2 is 1.96 bits per heavy atom. The van der Waals surface area contributed by atoms with Crippen molar-refractivity contribution in [3.05, 3.63) is 0 Å². The monoisotopic (exact) mass is 378 g/mol. The second kappa shape index (κ2) is 6.62. The van der Waals surface area contributed by atoms with Gasteiger partial charge in [0.15, 0.2) is 0 Å². The first kappa shape index (κ1) is 19.0. The number of nitrogens with zero attached hydrogens (tertiary/aromatic N) is 3. The molecule has 3 aliphatic heterocycles. The van der Waals surface area contributed by atoms with E-state index in [2.05, 4.69) is 36.1 Å². The molecule has 4 aliphatic rings. The van der Waals surface area contributed by atoms with E-state index in [4.69, 9.17) is 0 Å². The molecule has 3 unspecified atom stereocenters. The topological polar surface area (TPSA) is 76.1 Å². The summed E-state index contributed by atoms with van der Waals surface area (Å²) in [6.45, 7) is 10.0. The minimum Gasteiger partial charge on any atom is -0.465 e. The van der Waals surface area contributed by atoms with E-state index in [1.165, 1.54) is 0 Å². The maximum Gasteiger partial charge on any atom is 0.407 e. The third-order valence-corrected chi connectivity index (χ3v) is 7.92. The zero-order chi connectivity index (χ0) is 19.4. The quantitative estimate of drug-likeness (QED) is 0.787. The number of rotatable bonds is 3. The molecule has 0 radical (unpaired) electrons. The van der Waals surface area contributed by atoms with Crippen molar-refractivity contribution in [1.82, 2.24) is 20.2 Å². The maximum atomic E-state index is 12.0. The fourth-order valence-corrected chi connectivity index (χ4v) is 6.62. The molecule has 1 saturated carbocycles. The highest BCUT2D eigenvalue weighted by Gasteiger charge is 2.59. The van der Waals surface area contributed by atoms with Crippen molar-refractivity contribution in [1.29, 1.82) is 0 Å². The van der Waals surface area contributed by atoms with E-state index in [0.717, 1.165) is 45.2 Å². The first-order chi connectivity index (χ1) is 12.8. The number of carbonyl (C=O) groups excluding carboxylic acids is 1. The first-order valence-corrected chi connectivity index (χ1v) is 10.6. The molecule has 4 fully saturated rings. The number of hydrazine groups is 1. The molecule has 3 heterocycles. The molecule has 0 aromatic rings. The van der Waals surface area contributed by atoms with Crippen molar-refractivity contribution in [3.63, 3.8) is 0 Å². The van der Waals surface area contributed by atoms with Crippen LogP contribution in [0.2, 0.25) is 0 Å². The van der Waals surface area contributed by atoms with Gasteiger partial charge in [-0.05, 0) is 50.9 Å². The Hall–Kier alpha value is -1.34. The molecule has 7 nitrogen and oxygen atoms in total. The molecule has 2 amide bonds. The molecule has 1 aliphatic carbocycles. The van der Waals surface area contributed by atoms with Crippen molar-refractivity contribution in [2.75, 3.05) is 26.2 Å². The van der Waals surface area contributed by atoms with Crippen LogP contribution in [0.3, 0.4) is 0 Å². The Balaban J connectivity index is 1.39. The highest BCUT2D eigenvalue weighted by atomic mass is 16.4. The van der Waals surface area contributed by atoms with E-state index in [1.807, 2.05) is 0 Å². The van der Waals surface area contributed by atoms with E-state index < -0.39 is 6.09 Å². The van der Waals surface area contributed by atoms with E-state index in [9.17, 15) is 14.7 Å². The second-order valence-electron chi connectivity index (χ2n) is 9.54. The lowest BCUT2D eigenvalue weighted by atomic mass is 9.54. The zero-order valence-corrected chi connectivity index (χ0v) is 16.9. The van der Waals surface area contributed by atoms with Crippen molar-refractivity contribution >= 4 is 12.0 Å². The Labute approximate surface area is 162 Å². The lowest BCUT2D eigenvalue weighted by Gasteiger charge is -2.59. The molecule has 2 N–H and O–H groups in total. The van der Waals surface area contributed by atoms with Gasteiger partial charge in [0.25, 0.3) is 0 Å². The summed E-state index contributed by atoms with van der Waals surface area (Å²) in [5, 5.41) is 11.5. The SMILES string of the molecule is CCC1C(N2CCC3(CC2)CC(=O)NN3C(C)C)CC12CCN(C(=O)O)C2. The predicted octanol–water partition coefficient (Wildman–Crippen LogP) is 2.13. The standard InChI is InChI=1S/C20H34N4O3/c1-4-15-16(11-19(15)5-8-23(13-19)18(26)27)22-9-6-20(7-10-22)12-17(25)21-24(20)14(2)3/h14-16H,4-13H2,1-3H3,(H,21,25)(H,26,27). The van der Waals surface area contributed by atoms with Gasteiger partial charge in [0.2, 0.25) is 5.91 Å². The summed E-state index contributed by atoms with van der Waals surface area (Å²) in [6, 6.07) is 0.900. The van der Waals surface area contributed by atoms with Gasteiger partial charge in [-0.1, -0.05) is 13.3 Å². The lowest BCUT2D eigenvalue weighted by molar-refractivity contribution is -0.121. The third kappa shape index (κ3) is 2.94. The Kier molecular flexibility index (Phi) is 4.66. The highest BCUT2D eigenvalue weighted by molar-refractivity contribution is 5.79. The summed E-state index contributed by atoms with van der Waals surface area (Å²) in [5.74, 6) is 0.756. The Morgan fingerprint density at radius 1 is 1.26 bits per heavy atom. The molecule has 3 saturated heterocycles. The molecule has 7 heteroatoms. The van der Waals surface area contributed by atoms with Crippen LogP contribution in [-0.2, 0) is 4.79 Å². The maximum absolute atomic E-state index is 12.0. The van der Waals surface area contributed by atoms with Gasteiger partial charge in [0.05, 0.1) is 5.54 Å². The average Bonchev–Trinajstić information content (AvgIpc) is 3.18. The van der Waals surface area contributed by atoms with E-state index in [-0.39, 0.29) is 16.9 Å². The lowest BCUT2D eigenvalue weighted by Crippen LogP contribution is -2.64. The second-order valence-corrected chi connectivity index (χ2v) is 9.54. The smallest absolute Gasteiger partial charge is 0.407 e. The summed E-state index contributed by atoms with van der Waals surface area (Å²) in [4.78, 5) is 27.6. The fraction of sp³-hybridized carbons (Fsp3) is 0.900. The van der Waals surface area contributed by atoms with Crippen molar-refractivity contribution < 1.29 is 14.7 Å². The van der Waals surface area contributed by atoms with E-state index in [1.54, 1.807) is 4.90 Å². The van der Waals surface area contributed by atoms with Crippen LogP contribution in [0.15, 0.2) is 0 Å². The van der Waals surface area contributed by atoms with Gasteiger partial charge in [-0.3, -0.25) is 15.1 Å². The van der Waals surface area contributed by atoms with Crippen LogP contribution in [0.1, 0.15) is 59.3 Å². The molecule has 4 rings (SSSR count). The van der Waals surface area contributed by atoms with Crippen LogP contribution in [0.5, 0.6) is 0 Å². The number of amides is 2. The van der Waals surface area contributed by atoms with Crippen LogP contribution in [0.4, 0.5) is 4.79 Å². The number of piperidine rings is 1. The normalized spacial score (nSPS) is 36.6. The van der Waals surface area contributed by atoms with E-state index >= 15 is 0 Å². The number of nitrogens with one attached hydrogen (secondary N) is 1. The molecule has 2 spiro atoms. The summed E-state index contributed by atoms with van der Waals surface area (Å²) in [7, 11) is 0. The minimum atomic E-state index is -0.766. The summed E-state index contributed by atoms with van der Waals surface area (Å²) < 4.78 is 0. The Morgan fingerprint density at radius 3 is 2.52 bits per heavy atom. The van der Waals surface area contributed by atoms with Crippen LogP contribution in [0.25, 0.3) is 0 Å². The van der Waals surface area contributed by atoms with Crippen LogP contribution >= 0.6 is 0 Å². The van der Waals surface area contributed by atoms with Crippen molar-refractivity contribution in [2.45, 2.75) is 76.9 Å². The fourth-order valence-electron chi connectivity index (χ4n) is 6.62. The van der Waals surface area contributed by atoms with Gasteiger partial charge >= 0.3 is 6.09 Å². The largest absolute Gasteiger partial charge is 0.465 e. The zero-order valence-electron chi connectivity index (χ0n) is 16.9. The number of carboxylic acid groups (broad SMARTS) is 1. The van der Waals surface area contributed by atoms with Crippen LogP contribution in [0, 0.1) is 11.3 Å². The van der Waals surface area contributed by atoms with Gasteiger partial charge < -0.3 is 10.0 Å². The molecule has 152 valence electrons. The molecule has 3 atom stereocenters. The minimum absolute atomic E-state index is 0.0155. The van der Waals surface area contributed by atoms with Gasteiger partial charge in [0, 0.05) is 44.7 Å². The van der Waals surface area contributed by atoms with Crippen LogP contribution in [-0.4, -0.2) is 75.7 Å². The van der Waals surface area contributed by atoms with Crippen molar-refractivity contribution in [3.8, 4) is 0 Å². The number of hydrogen-bond donors (Lipinski definition) is 2.